The van der Waals surface area contributed by atoms with Crippen LogP contribution in [-0.2, 0) is 0 Å². The highest BCUT2D eigenvalue weighted by atomic mass is 16.5. The lowest BCUT2D eigenvalue weighted by Crippen LogP contribution is -2.19. The molecule has 1 amide bonds. The van der Waals surface area contributed by atoms with Crippen LogP contribution in [-0.4, -0.2) is 31.6 Å². The van der Waals surface area contributed by atoms with Crippen LogP contribution in [0.1, 0.15) is 30.3 Å². The van der Waals surface area contributed by atoms with E-state index in [9.17, 15) is 4.79 Å². The molecular formula is C18H23N3O2. The minimum atomic E-state index is -0.235. The number of pyridine rings is 1. The molecule has 1 heterocycles. The zero-order valence-electron chi connectivity index (χ0n) is 13.9. The molecular weight excluding hydrogens is 290 g/mol. The maximum absolute atomic E-state index is 12.2. The number of amides is 1. The summed E-state index contributed by atoms with van der Waals surface area (Å²) in [5.41, 5.74) is 2.08. The standard InChI is InChI=1S/C18H23N3O2/c1-4-5-11-21(2)15-9-10-17(19-13-15)18(22)20-14-7-6-8-16(12-14)23-3/h6-10,12-13H,4-5,11H2,1-3H3,(H,20,22). The summed E-state index contributed by atoms with van der Waals surface area (Å²) in [5.74, 6) is 0.463. The van der Waals surface area contributed by atoms with Crippen LogP contribution in [0.5, 0.6) is 5.75 Å². The number of anilines is 2. The summed E-state index contributed by atoms with van der Waals surface area (Å²) in [6, 6.07) is 10.9. The number of aromatic nitrogens is 1. The normalized spacial score (nSPS) is 10.2. The quantitative estimate of drug-likeness (QED) is 0.849. The van der Waals surface area contributed by atoms with Crippen molar-refractivity contribution in [1.29, 1.82) is 0 Å². The second kappa shape index (κ2) is 8.17. The van der Waals surface area contributed by atoms with Gasteiger partial charge in [0.25, 0.3) is 5.91 Å². The van der Waals surface area contributed by atoms with Crippen molar-refractivity contribution < 1.29 is 9.53 Å². The zero-order chi connectivity index (χ0) is 16.7. The van der Waals surface area contributed by atoms with Crippen LogP contribution in [0.4, 0.5) is 11.4 Å². The highest BCUT2D eigenvalue weighted by Gasteiger charge is 2.09. The maximum atomic E-state index is 12.2. The zero-order valence-corrected chi connectivity index (χ0v) is 13.9. The van der Waals surface area contributed by atoms with Crippen LogP contribution in [0.15, 0.2) is 42.6 Å². The van der Waals surface area contributed by atoms with Gasteiger partial charge in [0.05, 0.1) is 19.0 Å². The molecule has 5 nitrogen and oxygen atoms in total. The molecule has 0 fully saturated rings. The van der Waals surface area contributed by atoms with E-state index in [0.29, 0.717) is 17.1 Å². The molecule has 2 rings (SSSR count). The monoisotopic (exact) mass is 313 g/mol. The number of nitrogens with one attached hydrogen (secondary N) is 1. The average molecular weight is 313 g/mol. The van der Waals surface area contributed by atoms with Gasteiger partial charge in [-0.25, -0.2) is 4.98 Å². The first-order valence-corrected chi connectivity index (χ1v) is 7.76. The number of carbonyl (C=O) groups is 1. The molecule has 1 aromatic heterocycles. The van der Waals surface area contributed by atoms with E-state index in [-0.39, 0.29) is 5.91 Å². The van der Waals surface area contributed by atoms with E-state index in [0.717, 1.165) is 25.1 Å². The van der Waals surface area contributed by atoms with Gasteiger partial charge in [-0.05, 0) is 30.7 Å². The minimum Gasteiger partial charge on any atom is -0.497 e. The van der Waals surface area contributed by atoms with Gasteiger partial charge in [-0.3, -0.25) is 4.79 Å². The Morgan fingerprint density at radius 1 is 1.30 bits per heavy atom. The lowest BCUT2D eigenvalue weighted by molar-refractivity contribution is 0.102. The van der Waals surface area contributed by atoms with Crippen molar-refractivity contribution >= 4 is 17.3 Å². The molecule has 2 aromatic rings. The van der Waals surface area contributed by atoms with Crippen molar-refractivity contribution in [1.82, 2.24) is 4.98 Å². The molecule has 1 aromatic carbocycles. The fourth-order valence-corrected chi connectivity index (χ4v) is 2.17. The van der Waals surface area contributed by atoms with Gasteiger partial charge >= 0.3 is 0 Å². The Morgan fingerprint density at radius 2 is 2.13 bits per heavy atom. The Labute approximate surface area is 137 Å². The van der Waals surface area contributed by atoms with E-state index in [2.05, 4.69) is 22.1 Å². The van der Waals surface area contributed by atoms with Gasteiger partial charge in [-0.2, -0.15) is 0 Å². The SMILES string of the molecule is CCCCN(C)c1ccc(C(=O)Nc2cccc(OC)c2)nc1. The van der Waals surface area contributed by atoms with E-state index in [1.807, 2.05) is 31.3 Å². The molecule has 23 heavy (non-hydrogen) atoms. The van der Waals surface area contributed by atoms with Crippen LogP contribution in [0.3, 0.4) is 0 Å². The van der Waals surface area contributed by atoms with Crippen LogP contribution in [0.25, 0.3) is 0 Å². The molecule has 0 aliphatic heterocycles. The third kappa shape index (κ3) is 4.71. The Kier molecular flexibility index (Phi) is 5.97. The summed E-state index contributed by atoms with van der Waals surface area (Å²) in [7, 11) is 3.62. The number of unbranched alkanes of at least 4 members (excludes halogenated alkanes) is 1. The summed E-state index contributed by atoms with van der Waals surface area (Å²) in [6.45, 7) is 3.14. The van der Waals surface area contributed by atoms with E-state index in [1.54, 1.807) is 25.4 Å². The molecule has 1 N–H and O–H groups in total. The molecule has 122 valence electrons. The smallest absolute Gasteiger partial charge is 0.274 e. The van der Waals surface area contributed by atoms with Gasteiger partial charge in [-0.1, -0.05) is 19.4 Å². The Balaban J connectivity index is 2.02. The number of nitrogens with zero attached hydrogens (tertiary/aromatic N) is 2. The summed E-state index contributed by atoms with van der Waals surface area (Å²) in [6.07, 6.45) is 4.02. The minimum absolute atomic E-state index is 0.235. The Bertz CT molecular complexity index is 641. The second-order valence-electron chi connectivity index (χ2n) is 5.36. The molecule has 0 aliphatic rings. The second-order valence-corrected chi connectivity index (χ2v) is 5.36. The molecule has 0 saturated carbocycles. The molecule has 0 unspecified atom stereocenters. The lowest BCUT2D eigenvalue weighted by Gasteiger charge is -2.18. The fourth-order valence-electron chi connectivity index (χ4n) is 2.17. The van der Waals surface area contributed by atoms with Crippen molar-refractivity contribution in [3.05, 3.63) is 48.3 Å². The maximum Gasteiger partial charge on any atom is 0.274 e. The Morgan fingerprint density at radius 3 is 2.78 bits per heavy atom. The van der Waals surface area contributed by atoms with Crippen LogP contribution >= 0.6 is 0 Å². The molecule has 0 atom stereocenters. The van der Waals surface area contributed by atoms with Crippen LogP contribution in [0.2, 0.25) is 0 Å². The van der Waals surface area contributed by atoms with E-state index in [4.69, 9.17) is 4.74 Å². The van der Waals surface area contributed by atoms with Crippen molar-refractivity contribution in [2.75, 3.05) is 30.9 Å². The number of hydrogen-bond acceptors (Lipinski definition) is 4. The highest BCUT2D eigenvalue weighted by Crippen LogP contribution is 2.18. The first-order chi connectivity index (χ1) is 11.1. The lowest BCUT2D eigenvalue weighted by atomic mass is 10.2. The van der Waals surface area contributed by atoms with Crippen molar-refractivity contribution in [3.63, 3.8) is 0 Å². The fraction of sp³-hybridized carbons (Fsp3) is 0.333. The summed E-state index contributed by atoms with van der Waals surface area (Å²) < 4.78 is 5.14. The number of benzene rings is 1. The predicted molar refractivity (Wildman–Crippen MR) is 93.4 cm³/mol. The number of rotatable bonds is 7. The van der Waals surface area contributed by atoms with Gasteiger partial charge in [0.2, 0.25) is 0 Å². The third-order valence-electron chi connectivity index (χ3n) is 3.60. The van der Waals surface area contributed by atoms with Gasteiger partial charge < -0.3 is 15.0 Å². The van der Waals surface area contributed by atoms with Gasteiger partial charge in [-0.15, -0.1) is 0 Å². The van der Waals surface area contributed by atoms with Gasteiger partial charge in [0, 0.05) is 25.3 Å². The largest absolute Gasteiger partial charge is 0.497 e. The molecule has 0 bridgehead atoms. The van der Waals surface area contributed by atoms with Crippen LogP contribution in [0, 0.1) is 0 Å². The number of methoxy groups -OCH3 is 1. The number of hydrogen-bond donors (Lipinski definition) is 1. The molecule has 0 radical (unpaired) electrons. The van der Waals surface area contributed by atoms with E-state index in [1.165, 1.54) is 0 Å². The third-order valence-corrected chi connectivity index (χ3v) is 3.60. The molecule has 0 saturated heterocycles. The summed E-state index contributed by atoms with van der Waals surface area (Å²) in [5, 5.41) is 2.82. The highest BCUT2D eigenvalue weighted by molar-refractivity contribution is 6.03. The molecule has 0 aliphatic carbocycles. The van der Waals surface area contributed by atoms with E-state index < -0.39 is 0 Å². The average Bonchev–Trinajstić information content (AvgIpc) is 2.60. The Hall–Kier alpha value is -2.56. The molecule has 5 heteroatoms. The first kappa shape index (κ1) is 16.8. The topological polar surface area (TPSA) is 54.5 Å². The van der Waals surface area contributed by atoms with Gasteiger partial charge in [0.1, 0.15) is 11.4 Å². The van der Waals surface area contributed by atoms with Crippen LogP contribution < -0.4 is 15.0 Å². The summed E-state index contributed by atoms with van der Waals surface area (Å²) >= 11 is 0. The number of carbonyl (C=O) groups excluding carboxylic acids is 1. The van der Waals surface area contributed by atoms with E-state index >= 15 is 0 Å². The predicted octanol–water partition coefficient (Wildman–Crippen LogP) is 3.58. The van der Waals surface area contributed by atoms with Gasteiger partial charge in [0.15, 0.2) is 0 Å². The molecule has 0 spiro atoms. The number of ether oxygens (including phenoxy) is 1. The summed E-state index contributed by atoms with van der Waals surface area (Å²) in [4.78, 5) is 18.6. The first-order valence-electron chi connectivity index (χ1n) is 7.76. The van der Waals surface area contributed by atoms with Crippen molar-refractivity contribution in [3.8, 4) is 5.75 Å². The van der Waals surface area contributed by atoms with Crippen molar-refractivity contribution in [2.45, 2.75) is 19.8 Å². The van der Waals surface area contributed by atoms with Crippen molar-refractivity contribution in [2.24, 2.45) is 0 Å².